The molecule has 184 valence electrons. The Morgan fingerprint density at radius 1 is 1.06 bits per heavy atom. The van der Waals surface area contributed by atoms with Crippen LogP contribution >= 0.6 is 0 Å². The fraction of sp³-hybridized carbons (Fsp3) is 0.448. The minimum atomic E-state index is -0.401. The first-order chi connectivity index (χ1) is 17.2. The summed E-state index contributed by atoms with van der Waals surface area (Å²) in [6, 6.07) is 18.6. The Morgan fingerprint density at radius 2 is 1.83 bits per heavy atom. The van der Waals surface area contributed by atoms with E-state index in [1.165, 1.54) is 24.8 Å². The maximum atomic E-state index is 13.3. The zero-order chi connectivity index (χ0) is 24.1. The summed E-state index contributed by atoms with van der Waals surface area (Å²) in [6.45, 7) is 6.91. The molecule has 2 aromatic rings. The molecule has 0 radical (unpaired) electrons. The summed E-state index contributed by atoms with van der Waals surface area (Å²) in [7, 11) is 0. The number of rotatable bonds is 7. The zero-order valence-corrected chi connectivity index (χ0v) is 20.5. The normalized spacial score (nSPS) is 21.9. The lowest BCUT2D eigenvalue weighted by Gasteiger charge is -2.44. The van der Waals surface area contributed by atoms with Gasteiger partial charge in [-0.05, 0) is 55.5 Å². The molecule has 1 N–H and O–H groups in total. The van der Waals surface area contributed by atoms with Crippen LogP contribution in [0, 0.1) is 0 Å². The van der Waals surface area contributed by atoms with E-state index in [-0.39, 0.29) is 6.03 Å². The molecule has 1 spiro atoms. The summed E-state index contributed by atoms with van der Waals surface area (Å²) < 4.78 is 5.72. The number of nitrogens with zero attached hydrogens (tertiary/aromatic N) is 3. The van der Waals surface area contributed by atoms with Gasteiger partial charge in [-0.15, -0.1) is 0 Å². The largest absolute Gasteiger partial charge is 0.490 e. The fourth-order valence-corrected chi connectivity index (χ4v) is 5.75. The second-order valence-electron chi connectivity index (χ2n) is 9.93. The van der Waals surface area contributed by atoms with Crippen LogP contribution in [0.3, 0.4) is 0 Å². The van der Waals surface area contributed by atoms with Crippen molar-refractivity contribution in [1.29, 1.82) is 0 Å². The van der Waals surface area contributed by atoms with Crippen molar-refractivity contribution < 1.29 is 9.53 Å². The predicted octanol–water partition coefficient (Wildman–Crippen LogP) is 5.55. The lowest BCUT2D eigenvalue weighted by molar-refractivity contribution is 0.184. The number of ether oxygens (including phenoxy) is 1. The van der Waals surface area contributed by atoms with Gasteiger partial charge in [0, 0.05) is 25.3 Å². The van der Waals surface area contributed by atoms with Gasteiger partial charge in [0.05, 0.1) is 6.04 Å². The van der Waals surface area contributed by atoms with Gasteiger partial charge >= 0.3 is 6.03 Å². The maximum absolute atomic E-state index is 13.3. The number of piperidine rings is 1. The number of urea groups is 1. The van der Waals surface area contributed by atoms with Crippen molar-refractivity contribution in [3.8, 4) is 5.75 Å². The molecule has 2 aliphatic heterocycles. The van der Waals surface area contributed by atoms with Crippen molar-refractivity contribution in [1.82, 2.24) is 10.2 Å². The average Bonchev–Trinajstić information content (AvgIpc) is 3.15. The van der Waals surface area contributed by atoms with Crippen LogP contribution < -0.4 is 15.0 Å². The fourth-order valence-electron chi connectivity index (χ4n) is 5.75. The van der Waals surface area contributed by atoms with Gasteiger partial charge in [0.25, 0.3) is 0 Å². The SMILES string of the molecule is C=CCOc1cccc(CN2CCC3(CC2)C(=NC2CCCCC2)NC(=O)N3c2ccccc2)c1. The van der Waals surface area contributed by atoms with Crippen molar-refractivity contribution in [3.05, 3.63) is 72.8 Å². The molecule has 35 heavy (non-hydrogen) atoms. The number of hydrogen-bond acceptors (Lipinski definition) is 4. The number of aliphatic imine (C=N–C) groups is 1. The van der Waals surface area contributed by atoms with E-state index in [1.807, 2.05) is 47.4 Å². The molecule has 2 heterocycles. The van der Waals surface area contributed by atoms with Crippen LogP contribution in [0.2, 0.25) is 0 Å². The van der Waals surface area contributed by atoms with E-state index in [2.05, 4.69) is 28.9 Å². The molecule has 6 nitrogen and oxygen atoms in total. The lowest BCUT2D eigenvalue weighted by Crippen LogP contribution is -2.57. The van der Waals surface area contributed by atoms with Crippen LogP contribution in [-0.4, -0.2) is 48.0 Å². The number of anilines is 1. The van der Waals surface area contributed by atoms with Gasteiger partial charge in [-0.1, -0.05) is 62.2 Å². The van der Waals surface area contributed by atoms with Crippen molar-refractivity contribution in [2.45, 2.75) is 63.1 Å². The molecule has 2 amide bonds. The van der Waals surface area contributed by atoms with Gasteiger partial charge in [0.15, 0.2) is 0 Å². The topological polar surface area (TPSA) is 57.2 Å². The number of amides is 2. The second-order valence-corrected chi connectivity index (χ2v) is 9.93. The molecule has 1 saturated carbocycles. The Kier molecular flexibility index (Phi) is 7.19. The Bertz CT molecular complexity index is 1050. The summed E-state index contributed by atoms with van der Waals surface area (Å²) >= 11 is 0. The molecule has 6 heteroatoms. The van der Waals surface area contributed by atoms with Crippen molar-refractivity contribution >= 4 is 17.6 Å². The van der Waals surface area contributed by atoms with E-state index in [0.29, 0.717) is 12.6 Å². The van der Waals surface area contributed by atoms with E-state index in [4.69, 9.17) is 9.73 Å². The number of benzene rings is 2. The first-order valence-electron chi connectivity index (χ1n) is 13.0. The third-order valence-corrected chi connectivity index (χ3v) is 7.55. The highest BCUT2D eigenvalue weighted by Gasteiger charge is 2.53. The number of amidine groups is 1. The predicted molar refractivity (Wildman–Crippen MR) is 141 cm³/mol. The van der Waals surface area contributed by atoms with Crippen molar-refractivity contribution in [2.24, 2.45) is 4.99 Å². The summed E-state index contributed by atoms with van der Waals surface area (Å²) in [5.41, 5.74) is 1.78. The Labute approximate surface area is 208 Å². The van der Waals surface area contributed by atoms with E-state index in [1.54, 1.807) is 6.08 Å². The highest BCUT2D eigenvalue weighted by Crippen LogP contribution is 2.39. The Hall–Kier alpha value is -3.12. The van der Waals surface area contributed by atoms with Crippen molar-refractivity contribution in [2.75, 3.05) is 24.6 Å². The first-order valence-corrected chi connectivity index (χ1v) is 13.0. The number of nitrogens with one attached hydrogen (secondary N) is 1. The minimum Gasteiger partial charge on any atom is -0.490 e. The molecule has 1 aliphatic carbocycles. The van der Waals surface area contributed by atoms with Gasteiger partial charge in [0.1, 0.15) is 23.7 Å². The van der Waals surface area contributed by atoms with E-state index in [0.717, 1.165) is 62.6 Å². The van der Waals surface area contributed by atoms with Crippen molar-refractivity contribution in [3.63, 3.8) is 0 Å². The Morgan fingerprint density at radius 3 is 2.57 bits per heavy atom. The van der Waals surface area contributed by atoms with Crippen LogP contribution in [0.4, 0.5) is 10.5 Å². The molecule has 2 aromatic carbocycles. The molecule has 3 aliphatic rings. The lowest BCUT2D eigenvalue weighted by atomic mass is 9.84. The van der Waals surface area contributed by atoms with Crippen LogP contribution in [0.1, 0.15) is 50.5 Å². The van der Waals surface area contributed by atoms with E-state index >= 15 is 0 Å². The quantitative estimate of drug-likeness (QED) is 0.538. The number of hydrogen-bond donors (Lipinski definition) is 1. The van der Waals surface area contributed by atoms with E-state index < -0.39 is 5.54 Å². The highest BCUT2D eigenvalue weighted by molar-refractivity contribution is 6.19. The smallest absolute Gasteiger partial charge is 0.328 e. The van der Waals surface area contributed by atoms with Gasteiger partial charge in [0.2, 0.25) is 0 Å². The summed E-state index contributed by atoms with van der Waals surface area (Å²) in [4.78, 5) is 22.9. The van der Waals surface area contributed by atoms with Crippen LogP contribution in [0.5, 0.6) is 5.75 Å². The standard InChI is InChI=1S/C29H36N4O2/c1-2-20-35-26-15-9-10-23(21-26)22-32-18-16-29(17-19-32)27(30-24-11-5-3-6-12-24)31-28(34)33(29)25-13-7-4-8-14-25/h2,4,7-10,13-15,21,24H,1,3,5-6,11-12,16-20,22H2,(H,30,31,34). The monoisotopic (exact) mass is 472 g/mol. The van der Waals surface area contributed by atoms with Gasteiger partial charge in [-0.2, -0.15) is 0 Å². The molecular formula is C29H36N4O2. The van der Waals surface area contributed by atoms with Gasteiger partial charge in [-0.3, -0.25) is 20.1 Å². The van der Waals surface area contributed by atoms with E-state index in [9.17, 15) is 4.79 Å². The molecule has 0 unspecified atom stereocenters. The molecular weight excluding hydrogens is 436 g/mol. The molecule has 3 fully saturated rings. The third-order valence-electron chi connectivity index (χ3n) is 7.55. The first kappa shape index (κ1) is 23.6. The molecule has 0 aromatic heterocycles. The summed E-state index contributed by atoms with van der Waals surface area (Å²) in [5, 5.41) is 3.20. The average molecular weight is 473 g/mol. The Balaban J connectivity index is 1.36. The number of likely N-dealkylation sites (tertiary alicyclic amines) is 1. The van der Waals surface area contributed by atoms with Crippen LogP contribution in [0.15, 0.2) is 72.2 Å². The molecule has 2 saturated heterocycles. The maximum Gasteiger partial charge on any atom is 0.328 e. The summed E-state index contributed by atoms with van der Waals surface area (Å²) in [6.07, 6.45) is 9.48. The van der Waals surface area contributed by atoms with Gasteiger partial charge in [-0.25, -0.2) is 4.79 Å². The second kappa shape index (κ2) is 10.6. The highest BCUT2D eigenvalue weighted by atomic mass is 16.5. The molecule has 0 atom stereocenters. The molecule has 5 rings (SSSR count). The van der Waals surface area contributed by atoms with Crippen LogP contribution in [-0.2, 0) is 6.54 Å². The minimum absolute atomic E-state index is 0.0497. The number of para-hydroxylation sites is 1. The van der Waals surface area contributed by atoms with Gasteiger partial charge < -0.3 is 4.74 Å². The summed E-state index contributed by atoms with van der Waals surface area (Å²) in [5.74, 6) is 1.76. The molecule has 0 bridgehead atoms. The van der Waals surface area contributed by atoms with Crippen LogP contribution in [0.25, 0.3) is 0 Å². The third kappa shape index (κ3) is 5.13. The number of carbonyl (C=O) groups excluding carboxylic acids is 1. The zero-order valence-electron chi connectivity index (χ0n) is 20.5. The number of carbonyl (C=O) groups is 1.